The molecule has 0 aliphatic rings. The van der Waals surface area contributed by atoms with Gasteiger partial charge in [0.1, 0.15) is 5.82 Å². The van der Waals surface area contributed by atoms with Crippen LogP contribution >= 0.6 is 0 Å². The molecule has 1 aromatic carbocycles. The van der Waals surface area contributed by atoms with Crippen molar-refractivity contribution in [3.8, 4) is 0 Å². The lowest BCUT2D eigenvalue weighted by atomic mass is 10.2. The van der Waals surface area contributed by atoms with Gasteiger partial charge in [0.05, 0.1) is 0 Å². The summed E-state index contributed by atoms with van der Waals surface area (Å²) in [6, 6.07) is 6.77. The van der Waals surface area contributed by atoms with Crippen LogP contribution in [0, 0.1) is 11.7 Å². The minimum atomic E-state index is -0.188. The number of nitrogens with zero attached hydrogens (tertiary/aromatic N) is 2. The fourth-order valence-electron chi connectivity index (χ4n) is 1.83. The summed E-state index contributed by atoms with van der Waals surface area (Å²) < 4.78 is 15.5. The zero-order valence-corrected chi connectivity index (χ0v) is 10.7. The number of rotatable bonds is 5. The summed E-state index contributed by atoms with van der Waals surface area (Å²) in [5.41, 5.74) is 0.650. The van der Waals surface area contributed by atoms with Crippen molar-refractivity contribution in [3.63, 3.8) is 0 Å². The van der Waals surface area contributed by atoms with Crippen LogP contribution in [-0.4, -0.2) is 9.55 Å². The first kappa shape index (κ1) is 12.6. The van der Waals surface area contributed by atoms with E-state index in [2.05, 4.69) is 24.1 Å². The third-order valence-corrected chi connectivity index (χ3v) is 2.67. The number of hydrogen-bond acceptors (Lipinski definition) is 2. The summed E-state index contributed by atoms with van der Waals surface area (Å²) in [6.07, 6.45) is 3.69. The van der Waals surface area contributed by atoms with Gasteiger partial charge >= 0.3 is 0 Å². The smallest absolute Gasteiger partial charge is 0.203 e. The lowest BCUT2D eigenvalue weighted by Crippen LogP contribution is -2.10. The molecule has 1 aromatic heterocycles. The molecular formula is C14H18FN3. The molecule has 0 aliphatic heterocycles. The average Bonchev–Trinajstić information content (AvgIpc) is 2.75. The van der Waals surface area contributed by atoms with Crippen LogP contribution in [0.4, 0.5) is 10.3 Å². The number of halogens is 1. The van der Waals surface area contributed by atoms with Gasteiger partial charge in [0, 0.05) is 31.0 Å². The molecular weight excluding hydrogens is 229 g/mol. The molecule has 0 amide bonds. The molecule has 2 aromatic rings. The molecule has 0 bridgehead atoms. The number of aromatic nitrogens is 2. The number of anilines is 1. The van der Waals surface area contributed by atoms with Crippen LogP contribution in [0.1, 0.15) is 19.4 Å². The molecule has 0 aliphatic carbocycles. The summed E-state index contributed by atoms with van der Waals surface area (Å²) in [7, 11) is 0. The Morgan fingerprint density at radius 2 is 2.11 bits per heavy atom. The Bertz CT molecular complexity index is 505. The summed E-state index contributed by atoms with van der Waals surface area (Å²) in [5, 5.41) is 3.17. The average molecular weight is 247 g/mol. The third kappa shape index (κ3) is 3.09. The van der Waals surface area contributed by atoms with E-state index in [4.69, 9.17) is 0 Å². The Hall–Kier alpha value is -1.84. The van der Waals surface area contributed by atoms with E-state index in [0.29, 0.717) is 18.0 Å². The van der Waals surface area contributed by atoms with Gasteiger partial charge in [0.15, 0.2) is 0 Å². The van der Waals surface area contributed by atoms with Crippen molar-refractivity contribution in [2.45, 2.75) is 26.9 Å². The van der Waals surface area contributed by atoms with Crippen molar-refractivity contribution in [3.05, 3.63) is 48.0 Å². The predicted octanol–water partition coefficient (Wildman–Crippen LogP) is 3.29. The molecule has 4 heteroatoms. The largest absolute Gasteiger partial charge is 0.351 e. The second kappa shape index (κ2) is 5.67. The molecule has 0 spiro atoms. The molecule has 1 N–H and O–H groups in total. The highest BCUT2D eigenvalue weighted by Crippen LogP contribution is 2.12. The number of nitrogens with one attached hydrogen (secondary N) is 1. The van der Waals surface area contributed by atoms with Crippen LogP contribution < -0.4 is 5.32 Å². The Morgan fingerprint density at radius 3 is 2.83 bits per heavy atom. The van der Waals surface area contributed by atoms with Gasteiger partial charge in [-0.15, -0.1) is 0 Å². The monoisotopic (exact) mass is 247 g/mol. The van der Waals surface area contributed by atoms with E-state index in [0.717, 1.165) is 12.5 Å². The van der Waals surface area contributed by atoms with Crippen molar-refractivity contribution >= 4 is 5.95 Å². The maximum absolute atomic E-state index is 13.5. The third-order valence-electron chi connectivity index (χ3n) is 2.67. The number of hydrogen-bond donors (Lipinski definition) is 1. The summed E-state index contributed by atoms with van der Waals surface area (Å²) in [5.74, 6) is 1.15. The van der Waals surface area contributed by atoms with E-state index in [1.54, 1.807) is 18.3 Å². The molecule has 0 fully saturated rings. The van der Waals surface area contributed by atoms with Crippen LogP contribution in [0.2, 0.25) is 0 Å². The molecule has 1 heterocycles. The number of imidazole rings is 1. The van der Waals surface area contributed by atoms with Gasteiger partial charge in [0.25, 0.3) is 0 Å². The van der Waals surface area contributed by atoms with Gasteiger partial charge in [-0.1, -0.05) is 32.0 Å². The van der Waals surface area contributed by atoms with Crippen LogP contribution in [0.25, 0.3) is 0 Å². The summed E-state index contributed by atoms with van der Waals surface area (Å²) in [6.45, 7) is 5.66. The summed E-state index contributed by atoms with van der Waals surface area (Å²) >= 11 is 0. The molecule has 3 nitrogen and oxygen atoms in total. The van der Waals surface area contributed by atoms with Crippen LogP contribution in [0.3, 0.4) is 0 Å². The van der Waals surface area contributed by atoms with Crippen LogP contribution in [-0.2, 0) is 13.1 Å². The normalized spacial score (nSPS) is 10.9. The van der Waals surface area contributed by atoms with E-state index in [1.807, 2.05) is 16.8 Å². The topological polar surface area (TPSA) is 29.9 Å². The SMILES string of the molecule is CC(C)Cn1ccnc1NCc1ccccc1F. The fourth-order valence-corrected chi connectivity index (χ4v) is 1.83. The first-order valence-electron chi connectivity index (χ1n) is 6.15. The molecule has 18 heavy (non-hydrogen) atoms. The van der Waals surface area contributed by atoms with Gasteiger partial charge in [-0.05, 0) is 12.0 Å². The lowest BCUT2D eigenvalue weighted by molar-refractivity contribution is 0.526. The molecule has 0 radical (unpaired) electrons. The van der Waals surface area contributed by atoms with Gasteiger partial charge in [-0.3, -0.25) is 0 Å². The minimum absolute atomic E-state index is 0.188. The molecule has 0 saturated heterocycles. The highest BCUT2D eigenvalue weighted by Gasteiger charge is 2.05. The van der Waals surface area contributed by atoms with Crippen molar-refractivity contribution in [2.24, 2.45) is 5.92 Å². The number of benzene rings is 1. The predicted molar refractivity (Wildman–Crippen MR) is 70.8 cm³/mol. The standard InChI is InChI=1S/C14H18FN3/c1-11(2)10-18-8-7-16-14(18)17-9-12-5-3-4-6-13(12)15/h3-8,11H,9-10H2,1-2H3,(H,16,17). The van der Waals surface area contributed by atoms with E-state index in [-0.39, 0.29) is 5.82 Å². The zero-order chi connectivity index (χ0) is 13.0. The van der Waals surface area contributed by atoms with Crippen molar-refractivity contribution in [2.75, 3.05) is 5.32 Å². The Labute approximate surface area is 107 Å². The first-order chi connectivity index (χ1) is 8.66. The highest BCUT2D eigenvalue weighted by molar-refractivity contribution is 5.29. The second-order valence-electron chi connectivity index (χ2n) is 4.74. The summed E-state index contributed by atoms with van der Waals surface area (Å²) in [4.78, 5) is 4.24. The first-order valence-corrected chi connectivity index (χ1v) is 6.15. The van der Waals surface area contributed by atoms with E-state index in [1.165, 1.54) is 6.07 Å². The Kier molecular flexibility index (Phi) is 3.97. The zero-order valence-electron chi connectivity index (χ0n) is 10.7. The van der Waals surface area contributed by atoms with E-state index in [9.17, 15) is 4.39 Å². The van der Waals surface area contributed by atoms with Crippen molar-refractivity contribution in [1.82, 2.24) is 9.55 Å². The molecule has 96 valence electrons. The molecule has 0 saturated carbocycles. The van der Waals surface area contributed by atoms with Crippen molar-refractivity contribution < 1.29 is 4.39 Å². The minimum Gasteiger partial charge on any atom is -0.351 e. The van der Waals surface area contributed by atoms with Crippen molar-refractivity contribution in [1.29, 1.82) is 0 Å². The maximum Gasteiger partial charge on any atom is 0.203 e. The molecule has 2 rings (SSSR count). The van der Waals surface area contributed by atoms with Gasteiger partial charge in [-0.25, -0.2) is 9.37 Å². The Balaban J connectivity index is 2.02. The van der Waals surface area contributed by atoms with Crippen LogP contribution in [0.15, 0.2) is 36.7 Å². The van der Waals surface area contributed by atoms with Gasteiger partial charge < -0.3 is 9.88 Å². The van der Waals surface area contributed by atoms with Gasteiger partial charge in [0.2, 0.25) is 5.95 Å². The second-order valence-corrected chi connectivity index (χ2v) is 4.74. The highest BCUT2D eigenvalue weighted by atomic mass is 19.1. The van der Waals surface area contributed by atoms with Gasteiger partial charge in [-0.2, -0.15) is 0 Å². The Morgan fingerprint density at radius 1 is 1.33 bits per heavy atom. The van der Waals surface area contributed by atoms with E-state index < -0.39 is 0 Å². The molecule has 0 atom stereocenters. The molecule has 0 unspecified atom stereocenters. The van der Waals surface area contributed by atoms with E-state index >= 15 is 0 Å². The fraction of sp³-hybridized carbons (Fsp3) is 0.357. The van der Waals surface area contributed by atoms with Crippen LogP contribution in [0.5, 0.6) is 0 Å². The lowest BCUT2D eigenvalue weighted by Gasteiger charge is -2.12. The quantitative estimate of drug-likeness (QED) is 0.878. The maximum atomic E-state index is 13.5.